The lowest BCUT2D eigenvalue weighted by Crippen LogP contribution is -2.25. The maximum atomic E-state index is 11.9. The van der Waals surface area contributed by atoms with Crippen LogP contribution in [0.4, 0.5) is 5.69 Å². The van der Waals surface area contributed by atoms with Crippen LogP contribution in [0, 0.1) is 12.8 Å². The minimum Gasteiger partial charge on any atom is -0.326 e. The Balaban J connectivity index is 2.26. The number of nitrogens with zero attached hydrogens (tertiary/aromatic N) is 1. The topological polar surface area (TPSA) is 46.3 Å². The number of benzene rings is 1. The lowest BCUT2D eigenvalue weighted by atomic mass is 10.1. The molecule has 4 heteroatoms. The third-order valence-electron chi connectivity index (χ3n) is 3.21. The Bertz CT molecular complexity index is 433. The number of alkyl halides is 1. The van der Waals surface area contributed by atoms with Crippen LogP contribution in [0.25, 0.3) is 0 Å². The van der Waals surface area contributed by atoms with E-state index in [9.17, 15) is 4.79 Å². The molecule has 2 rings (SSSR count). The minimum absolute atomic E-state index is 0.166. The second kappa shape index (κ2) is 5.07. The van der Waals surface area contributed by atoms with Crippen molar-refractivity contribution >= 4 is 23.2 Å². The number of aryl methyl sites for hydroxylation is 1. The van der Waals surface area contributed by atoms with Crippen molar-refractivity contribution in [2.45, 2.75) is 19.9 Å². The summed E-state index contributed by atoms with van der Waals surface area (Å²) in [5.41, 5.74) is 8.76. The average Bonchev–Trinajstić information content (AvgIpc) is 2.70. The monoisotopic (exact) mass is 252 g/mol. The highest BCUT2D eigenvalue weighted by Crippen LogP contribution is 2.28. The van der Waals surface area contributed by atoms with E-state index in [2.05, 4.69) is 0 Å². The molecule has 1 aliphatic heterocycles. The molecule has 1 aliphatic rings. The molecule has 17 heavy (non-hydrogen) atoms. The summed E-state index contributed by atoms with van der Waals surface area (Å²) in [6.07, 6.45) is 0.557. The third-order valence-corrected chi connectivity index (χ3v) is 3.65. The number of anilines is 1. The third kappa shape index (κ3) is 2.45. The van der Waals surface area contributed by atoms with Crippen molar-refractivity contribution in [3.05, 3.63) is 29.3 Å². The maximum Gasteiger partial charge on any atom is 0.227 e. The van der Waals surface area contributed by atoms with E-state index < -0.39 is 0 Å². The first-order chi connectivity index (χ1) is 8.15. The molecule has 1 atom stereocenters. The highest BCUT2D eigenvalue weighted by Gasteiger charge is 2.30. The van der Waals surface area contributed by atoms with E-state index in [1.807, 2.05) is 30.0 Å². The number of carbonyl (C=O) groups is 1. The van der Waals surface area contributed by atoms with Gasteiger partial charge in [-0.25, -0.2) is 0 Å². The summed E-state index contributed by atoms with van der Waals surface area (Å²) in [6, 6.07) is 5.99. The lowest BCUT2D eigenvalue weighted by Gasteiger charge is -2.19. The van der Waals surface area contributed by atoms with E-state index in [4.69, 9.17) is 17.3 Å². The summed E-state index contributed by atoms with van der Waals surface area (Å²) in [5.74, 6) is 0.985. The quantitative estimate of drug-likeness (QED) is 0.837. The number of carbonyl (C=O) groups excluding carboxylic acids is 1. The molecule has 1 saturated heterocycles. The molecular formula is C13H17ClN2O. The Morgan fingerprint density at radius 1 is 1.53 bits per heavy atom. The van der Waals surface area contributed by atoms with Crippen molar-refractivity contribution in [3.63, 3.8) is 0 Å². The number of hydrogen-bond donors (Lipinski definition) is 1. The fraction of sp³-hybridized carbons (Fsp3) is 0.462. The van der Waals surface area contributed by atoms with Crippen LogP contribution in [0.2, 0.25) is 0 Å². The number of amides is 1. The van der Waals surface area contributed by atoms with Gasteiger partial charge in [0.1, 0.15) is 0 Å². The molecule has 0 radical (unpaired) electrons. The molecular weight excluding hydrogens is 236 g/mol. The van der Waals surface area contributed by atoms with Crippen LogP contribution in [0.3, 0.4) is 0 Å². The van der Waals surface area contributed by atoms with Crippen molar-refractivity contribution in [3.8, 4) is 0 Å². The van der Waals surface area contributed by atoms with E-state index in [1.165, 1.54) is 0 Å². The highest BCUT2D eigenvalue weighted by molar-refractivity contribution is 6.18. The van der Waals surface area contributed by atoms with Gasteiger partial charge in [-0.1, -0.05) is 12.1 Å². The molecule has 0 spiro atoms. The molecule has 0 aliphatic carbocycles. The Morgan fingerprint density at radius 3 is 2.82 bits per heavy atom. The highest BCUT2D eigenvalue weighted by atomic mass is 35.5. The van der Waals surface area contributed by atoms with Crippen molar-refractivity contribution in [2.75, 3.05) is 17.3 Å². The summed E-state index contributed by atoms with van der Waals surface area (Å²) < 4.78 is 0. The van der Waals surface area contributed by atoms with Crippen LogP contribution in [0.5, 0.6) is 0 Å². The molecule has 1 fully saturated rings. The van der Waals surface area contributed by atoms with Crippen molar-refractivity contribution in [1.82, 2.24) is 0 Å². The molecule has 0 bridgehead atoms. The van der Waals surface area contributed by atoms with E-state index >= 15 is 0 Å². The van der Waals surface area contributed by atoms with Crippen LogP contribution in [0.15, 0.2) is 18.2 Å². The first kappa shape index (κ1) is 12.4. The predicted octanol–water partition coefficient (Wildman–Crippen LogP) is 2.05. The van der Waals surface area contributed by atoms with E-state index in [-0.39, 0.29) is 11.8 Å². The normalized spacial score (nSPS) is 20.1. The Labute approximate surface area is 107 Å². The second-order valence-electron chi connectivity index (χ2n) is 4.55. The van der Waals surface area contributed by atoms with Crippen LogP contribution >= 0.6 is 11.6 Å². The maximum absolute atomic E-state index is 11.9. The zero-order chi connectivity index (χ0) is 12.4. The zero-order valence-corrected chi connectivity index (χ0v) is 10.7. The first-order valence-electron chi connectivity index (χ1n) is 5.81. The van der Waals surface area contributed by atoms with E-state index in [0.717, 1.165) is 23.4 Å². The molecule has 0 aromatic heterocycles. The van der Waals surface area contributed by atoms with Gasteiger partial charge < -0.3 is 10.6 Å². The Hall–Kier alpha value is -1.06. The van der Waals surface area contributed by atoms with Crippen LogP contribution in [-0.4, -0.2) is 18.3 Å². The van der Waals surface area contributed by atoms with Gasteiger partial charge in [0.05, 0.1) is 0 Å². The van der Waals surface area contributed by atoms with Crippen molar-refractivity contribution < 1.29 is 4.79 Å². The van der Waals surface area contributed by atoms with Crippen LogP contribution < -0.4 is 10.6 Å². The number of halogens is 1. The summed E-state index contributed by atoms with van der Waals surface area (Å²) in [7, 11) is 0. The largest absolute Gasteiger partial charge is 0.326 e. The average molecular weight is 253 g/mol. The first-order valence-corrected chi connectivity index (χ1v) is 6.35. The van der Waals surface area contributed by atoms with Gasteiger partial charge in [0.2, 0.25) is 5.91 Å². The molecule has 1 aromatic rings. The van der Waals surface area contributed by atoms with Crippen LogP contribution in [0.1, 0.15) is 17.5 Å². The summed E-state index contributed by atoms with van der Waals surface area (Å²) in [4.78, 5) is 13.7. The van der Waals surface area contributed by atoms with Crippen molar-refractivity contribution in [1.29, 1.82) is 0 Å². The van der Waals surface area contributed by atoms with Gasteiger partial charge in [-0.3, -0.25) is 4.79 Å². The molecule has 1 heterocycles. The standard InChI is InChI=1S/C13H17ClN2O/c1-9-4-10(7-15)2-3-12(9)16-8-11(6-14)5-13(16)17/h2-4,11H,5-8,15H2,1H3. The molecule has 1 unspecified atom stereocenters. The fourth-order valence-corrected chi connectivity index (χ4v) is 2.47. The van der Waals surface area contributed by atoms with Crippen LogP contribution in [-0.2, 0) is 11.3 Å². The zero-order valence-electron chi connectivity index (χ0n) is 9.95. The number of hydrogen-bond acceptors (Lipinski definition) is 2. The Morgan fingerprint density at radius 2 is 2.29 bits per heavy atom. The number of nitrogens with two attached hydrogens (primary N) is 1. The lowest BCUT2D eigenvalue weighted by molar-refractivity contribution is -0.117. The smallest absolute Gasteiger partial charge is 0.227 e. The minimum atomic E-state index is 0.166. The van der Waals surface area contributed by atoms with E-state index in [0.29, 0.717) is 18.8 Å². The summed E-state index contributed by atoms with van der Waals surface area (Å²) in [6.45, 7) is 3.26. The molecule has 1 amide bonds. The van der Waals surface area contributed by atoms with E-state index in [1.54, 1.807) is 0 Å². The summed E-state index contributed by atoms with van der Waals surface area (Å²) >= 11 is 5.82. The summed E-state index contributed by atoms with van der Waals surface area (Å²) in [5, 5.41) is 0. The van der Waals surface area contributed by atoms with Crippen molar-refractivity contribution in [2.24, 2.45) is 11.7 Å². The van der Waals surface area contributed by atoms with Gasteiger partial charge in [0.15, 0.2) is 0 Å². The molecule has 1 aromatic carbocycles. The van der Waals surface area contributed by atoms with Gasteiger partial charge in [-0.05, 0) is 30.0 Å². The molecule has 2 N–H and O–H groups in total. The van der Waals surface area contributed by atoms with Gasteiger partial charge in [-0.2, -0.15) is 0 Å². The van der Waals surface area contributed by atoms with Gasteiger partial charge in [0, 0.05) is 31.1 Å². The van der Waals surface area contributed by atoms with Gasteiger partial charge in [0.25, 0.3) is 0 Å². The number of rotatable bonds is 3. The van der Waals surface area contributed by atoms with Gasteiger partial charge in [-0.15, -0.1) is 11.6 Å². The second-order valence-corrected chi connectivity index (χ2v) is 4.86. The predicted molar refractivity (Wildman–Crippen MR) is 70.3 cm³/mol. The SMILES string of the molecule is Cc1cc(CN)ccc1N1CC(CCl)CC1=O. The fourth-order valence-electron chi connectivity index (χ4n) is 2.27. The molecule has 92 valence electrons. The molecule has 3 nitrogen and oxygen atoms in total. The Kier molecular flexibility index (Phi) is 3.69. The van der Waals surface area contributed by atoms with Gasteiger partial charge >= 0.3 is 0 Å². The molecule has 0 saturated carbocycles.